The Kier molecular flexibility index (Phi) is 3.65. The zero-order chi connectivity index (χ0) is 11.6. The van der Waals surface area contributed by atoms with Crippen LogP contribution in [0.15, 0.2) is 0 Å². The van der Waals surface area contributed by atoms with Gasteiger partial charge in [-0.05, 0) is 33.6 Å². The van der Waals surface area contributed by atoms with Crippen molar-refractivity contribution in [2.24, 2.45) is 0 Å². The van der Waals surface area contributed by atoms with Gasteiger partial charge in [-0.25, -0.2) is 0 Å². The van der Waals surface area contributed by atoms with Gasteiger partial charge >= 0.3 is 6.61 Å². The van der Waals surface area contributed by atoms with Gasteiger partial charge in [0, 0.05) is 11.6 Å². The van der Waals surface area contributed by atoms with Gasteiger partial charge in [0.05, 0.1) is 0 Å². The molecular weight excluding hydrogens is 204 g/mol. The summed E-state index contributed by atoms with van der Waals surface area (Å²) in [6.45, 7) is 2.39. The van der Waals surface area contributed by atoms with Crippen molar-refractivity contribution in [2.45, 2.75) is 51.8 Å². The Morgan fingerprint density at radius 3 is 2.60 bits per heavy atom. The smallest absolute Gasteiger partial charge is 0.333 e. The molecule has 0 aromatic carbocycles. The van der Waals surface area contributed by atoms with Crippen LogP contribution in [-0.2, 0) is 9.53 Å². The van der Waals surface area contributed by atoms with Crippen LogP contribution in [0, 0.1) is 0 Å². The Labute approximate surface area is 88.4 Å². The number of nitrogens with zero attached hydrogens (tertiary/aromatic N) is 1. The third-order valence-corrected chi connectivity index (χ3v) is 2.87. The van der Waals surface area contributed by atoms with E-state index in [1.54, 1.807) is 4.90 Å². The first-order valence-electron chi connectivity index (χ1n) is 5.06. The van der Waals surface area contributed by atoms with Crippen LogP contribution in [0.5, 0.6) is 0 Å². The van der Waals surface area contributed by atoms with E-state index in [4.69, 9.17) is 0 Å². The van der Waals surface area contributed by atoms with Gasteiger partial charge in [0.25, 0.3) is 0 Å². The molecule has 5 heteroatoms. The lowest BCUT2D eigenvalue weighted by Gasteiger charge is -2.34. The molecule has 1 rings (SSSR count). The number of alkyl halides is 2. The van der Waals surface area contributed by atoms with E-state index in [2.05, 4.69) is 4.74 Å². The van der Waals surface area contributed by atoms with E-state index in [0.717, 1.165) is 12.8 Å². The second kappa shape index (κ2) is 4.43. The summed E-state index contributed by atoms with van der Waals surface area (Å²) in [6.07, 6.45) is 1.81. The highest BCUT2D eigenvalue weighted by Gasteiger charge is 2.40. The molecule has 0 radical (unpaired) electrons. The summed E-state index contributed by atoms with van der Waals surface area (Å²) < 4.78 is 27.6. The molecule has 1 atom stereocenters. The van der Waals surface area contributed by atoms with Crippen molar-refractivity contribution in [1.29, 1.82) is 0 Å². The van der Waals surface area contributed by atoms with Gasteiger partial charge in [0.15, 0.2) is 0 Å². The summed E-state index contributed by atoms with van der Waals surface area (Å²) in [7, 11) is 0. The first-order valence-corrected chi connectivity index (χ1v) is 5.06. The predicted octanol–water partition coefficient (Wildman–Crippen LogP) is 2.02. The number of likely N-dealkylation sites (tertiary alicyclic amines) is 1. The summed E-state index contributed by atoms with van der Waals surface area (Å²) in [5.41, 5.74) is -0.248. The third-order valence-electron chi connectivity index (χ3n) is 2.87. The van der Waals surface area contributed by atoms with Gasteiger partial charge in [-0.2, -0.15) is 8.78 Å². The topological polar surface area (TPSA) is 29.5 Å². The molecule has 1 saturated heterocycles. The van der Waals surface area contributed by atoms with Gasteiger partial charge in [-0.15, -0.1) is 0 Å². The fraction of sp³-hybridized carbons (Fsp3) is 0.900. The van der Waals surface area contributed by atoms with Crippen molar-refractivity contribution in [2.75, 3.05) is 6.61 Å². The lowest BCUT2D eigenvalue weighted by atomic mass is 10.0. The van der Waals surface area contributed by atoms with Crippen molar-refractivity contribution < 1.29 is 18.3 Å². The molecule has 3 nitrogen and oxygen atoms in total. The highest BCUT2D eigenvalue weighted by molar-refractivity contribution is 5.79. The van der Waals surface area contributed by atoms with E-state index in [0.29, 0.717) is 0 Å². The average Bonchev–Trinajstić information content (AvgIpc) is 2.37. The molecule has 0 aromatic rings. The molecule has 0 aromatic heterocycles. The maximum absolute atomic E-state index is 11.8. The fourth-order valence-corrected chi connectivity index (χ4v) is 2.20. The maximum atomic E-state index is 11.8. The number of carbonyl (C=O) groups is 1. The van der Waals surface area contributed by atoms with Crippen molar-refractivity contribution in [3.05, 3.63) is 0 Å². The maximum Gasteiger partial charge on any atom is 0.345 e. The standard InChI is InChI=1S/C10H17F2NO2/c1-7-4-5-10(2,3)13(7)8(14)6-15-9(11)12/h7,9H,4-6H2,1-3H3/t7-/m0/s1. The van der Waals surface area contributed by atoms with E-state index >= 15 is 0 Å². The van der Waals surface area contributed by atoms with Crippen LogP contribution in [0.1, 0.15) is 33.6 Å². The van der Waals surface area contributed by atoms with Crippen LogP contribution >= 0.6 is 0 Å². The number of halogens is 2. The lowest BCUT2D eigenvalue weighted by Crippen LogP contribution is -2.47. The van der Waals surface area contributed by atoms with E-state index in [-0.39, 0.29) is 17.5 Å². The van der Waals surface area contributed by atoms with E-state index in [9.17, 15) is 13.6 Å². The second-order valence-electron chi connectivity index (χ2n) is 4.54. The Hall–Kier alpha value is -0.710. The lowest BCUT2D eigenvalue weighted by molar-refractivity contribution is -0.163. The molecule has 0 aliphatic carbocycles. The molecule has 1 heterocycles. The number of hydrogen-bond acceptors (Lipinski definition) is 2. The number of ether oxygens (including phenoxy) is 1. The molecule has 88 valence electrons. The van der Waals surface area contributed by atoms with Gasteiger partial charge in [0.1, 0.15) is 6.61 Å². The summed E-state index contributed by atoms with van der Waals surface area (Å²) in [5.74, 6) is -0.356. The van der Waals surface area contributed by atoms with Crippen LogP contribution in [0.3, 0.4) is 0 Å². The van der Waals surface area contributed by atoms with Crippen molar-refractivity contribution >= 4 is 5.91 Å². The first kappa shape index (κ1) is 12.4. The molecule has 0 bridgehead atoms. The van der Waals surface area contributed by atoms with E-state index < -0.39 is 13.2 Å². The molecule has 15 heavy (non-hydrogen) atoms. The highest BCUT2D eigenvalue weighted by Crippen LogP contribution is 2.33. The molecule has 0 N–H and O–H groups in total. The minimum Gasteiger partial charge on any atom is -0.333 e. The summed E-state index contributed by atoms with van der Waals surface area (Å²) in [4.78, 5) is 13.3. The Morgan fingerprint density at radius 2 is 2.20 bits per heavy atom. The molecule has 0 saturated carbocycles. The van der Waals surface area contributed by atoms with Crippen molar-refractivity contribution in [3.63, 3.8) is 0 Å². The second-order valence-corrected chi connectivity index (χ2v) is 4.54. The van der Waals surface area contributed by atoms with Crippen LogP contribution in [0.4, 0.5) is 8.78 Å². The Bertz CT molecular complexity index is 244. The highest BCUT2D eigenvalue weighted by atomic mass is 19.3. The predicted molar refractivity (Wildman–Crippen MR) is 51.6 cm³/mol. The first-order chi connectivity index (χ1) is 6.84. The fourth-order valence-electron chi connectivity index (χ4n) is 2.20. The van der Waals surface area contributed by atoms with Crippen molar-refractivity contribution in [3.8, 4) is 0 Å². The van der Waals surface area contributed by atoms with Crippen LogP contribution in [0.25, 0.3) is 0 Å². The van der Waals surface area contributed by atoms with Crippen LogP contribution in [-0.4, -0.2) is 35.6 Å². The molecule has 1 aliphatic rings. The van der Waals surface area contributed by atoms with Crippen molar-refractivity contribution in [1.82, 2.24) is 4.90 Å². The van der Waals surface area contributed by atoms with Gasteiger partial charge < -0.3 is 9.64 Å². The third kappa shape index (κ3) is 2.87. The minimum atomic E-state index is -2.88. The van der Waals surface area contributed by atoms with Gasteiger partial charge in [0.2, 0.25) is 5.91 Å². The van der Waals surface area contributed by atoms with Gasteiger partial charge in [-0.3, -0.25) is 4.79 Å². The average molecular weight is 221 g/mol. The van der Waals surface area contributed by atoms with Crippen LogP contribution < -0.4 is 0 Å². The molecule has 0 unspecified atom stereocenters. The Morgan fingerprint density at radius 1 is 1.60 bits per heavy atom. The molecule has 0 spiro atoms. The van der Waals surface area contributed by atoms with Gasteiger partial charge in [-0.1, -0.05) is 0 Å². The molecule has 1 amide bonds. The van der Waals surface area contributed by atoms with Crippen LogP contribution in [0.2, 0.25) is 0 Å². The summed E-state index contributed by atoms with van der Waals surface area (Å²) >= 11 is 0. The largest absolute Gasteiger partial charge is 0.345 e. The number of amides is 1. The minimum absolute atomic E-state index is 0.105. The zero-order valence-corrected chi connectivity index (χ0v) is 9.30. The molecule has 1 fully saturated rings. The van der Waals surface area contributed by atoms with E-state index in [1.807, 2.05) is 20.8 Å². The molecular formula is C10H17F2NO2. The normalized spacial score (nSPS) is 24.9. The van der Waals surface area contributed by atoms with E-state index in [1.165, 1.54) is 0 Å². The number of rotatable bonds is 3. The monoisotopic (exact) mass is 221 g/mol. The zero-order valence-electron chi connectivity index (χ0n) is 9.30. The summed E-state index contributed by atoms with van der Waals surface area (Å²) in [5, 5.41) is 0. The quantitative estimate of drug-likeness (QED) is 0.729. The number of carbonyl (C=O) groups excluding carboxylic acids is 1. The molecule has 1 aliphatic heterocycles. The Balaban J connectivity index is 2.57. The number of hydrogen-bond donors (Lipinski definition) is 0. The summed E-state index contributed by atoms with van der Waals surface area (Å²) in [6, 6.07) is 0.105. The SMILES string of the molecule is C[C@H]1CCC(C)(C)N1C(=O)COC(F)F.